The lowest BCUT2D eigenvalue weighted by atomic mass is 10.1. The molecule has 1 fully saturated rings. The predicted octanol–water partition coefficient (Wildman–Crippen LogP) is 2.08. The third-order valence-electron chi connectivity index (χ3n) is 5.49. The fourth-order valence-electron chi connectivity index (χ4n) is 3.64. The van der Waals surface area contributed by atoms with Crippen LogP contribution in [0.15, 0.2) is 54.6 Å². The minimum absolute atomic E-state index is 0.0888. The Morgan fingerprint density at radius 1 is 0.938 bits per heavy atom. The third kappa shape index (κ3) is 7.13. The van der Waals surface area contributed by atoms with Gasteiger partial charge in [0.25, 0.3) is 0 Å². The van der Waals surface area contributed by atoms with Gasteiger partial charge in [0.15, 0.2) is 0 Å². The molecule has 0 aromatic heterocycles. The predicted molar refractivity (Wildman–Crippen MR) is 127 cm³/mol. The van der Waals surface area contributed by atoms with Crippen molar-refractivity contribution < 1.29 is 17.9 Å². The SMILES string of the molecule is COc1ccc(N2CCN(S(=O)(=O)CCNC(=O)NCCCc3ccccc3)CC2)cc1. The molecule has 1 aliphatic rings. The van der Waals surface area contributed by atoms with Crippen LogP contribution < -0.4 is 20.3 Å². The first-order chi connectivity index (χ1) is 15.5. The lowest BCUT2D eigenvalue weighted by molar-refractivity contribution is 0.241. The topological polar surface area (TPSA) is 91.0 Å². The van der Waals surface area contributed by atoms with Gasteiger partial charge in [-0.05, 0) is 42.7 Å². The van der Waals surface area contributed by atoms with Crippen LogP contribution in [0.2, 0.25) is 0 Å². The molecule has 0 atom stereocenters. The molecule has 174 valence electrons. The summed E-state index contributed by atoms with van der Waals surface area (Å²) in [5.74, 6) is 0.690. The number of sulfonamides is 1. The van der Waals surface area contributed by atoms with Crippen molar-refractivity contribution in [2.45, 2.75) is 12.8 Å². The lowest BCUT2D eigenvalue weighted by Crippen LogP contribution is -2.50. The molecule has 9 heteroatoms. The number of anilines is 1. The molecule has 0 bridgehead atoms. The van der Waals surface area contributed by atoms with Crippen LogP contribution in [0.4, 0.5) is 10.5 Å². The fourth-order valence-corrected chi connectivity index (χ4v) is 4.98. The Labute approximate surface area is 190 Å². The van der Waals surface area contributed by atoms with E-state index in [1.165, 1.54) is 9.87 Å². The van der Waals surface area contributed by atoms with Crippen LogP contribution in [0.25, 0.3) is 0 Å². The van der Waals surface area contributed by atoms with Crippen molar-refractivity contribution in [3.05, 3.63) is 60.2 Å². The molecule has 0 radical (unpaired) electrons. The van der Waals surface area contributed by atoms with E-state index in [1.54, 1.807) is 7.11 Å². The molecule has 3 rings (SSSR count). The molecule has 1 saturated heterocycles. The number of methoxy groups -OCH3 is 1. The van der Waals surface area contributed by atoms with Gasteiger partial charge in [-0.25, -0.2) is 13.2 Å². The van der Waals surface area contributed by atoms with Gasteiger partial charge in [0, 0.05) is 45.0 Å². The van der Waals surface area contributed by atoms with E-state index in [4.69, 9.17) is 4.74 Å². The maximum absolute atomic E-state index is 12.6. The maximum Gasteiger partial charge on any atom is 0.314 e. The van der Waals surface area contributed by atoms with Gasteiger partial charge in [-0.1, -0.05) is 30.3 Å². The Hall–Kier alpha value is -2.78. The van der Waals surface area contributed by atoms with Crippen LogP contribution in [0.5, 0.6) is 5.75 Å². The van der Waals surface area contributed by atoms with Gasteiger partial charge in [-0.15, -0.1) is 0 Å². The largest absolute Gasteiger partial charge is 0.497 e. The zero-order chi connectivity index (χ0) is 22.8. The van der Waals surface area contributed by atoms with Gasteiger partial charge in [0.1, 0.15) is 5.75 Å². The average molecular weight is 461 g/mol. The van der Waals surface area contributed by atoms with Gasteiger partial charge >= 0.3 is 6.03 Å². The summed E-state index contributed by atoms with van der Waals surface area (Å²) in [6.07, 6.45) is 1.71. The lowest BCUT2D eigenvalue weighted by Gasteiger charge is -2.35. The number of amides is 2. The van der Waals surface area contributed by atoms with Gasteiger partial charge in [-0.2, -0.15) is 4.31 Å². The third-order valence-corrected chi connectivity index (χ3v) is 7.36. The number of carbonyl (C=O) groups excluding carboxylic acids is 1. The van der Waals surface area contributed by atoms with Gasteiger partial charge in [0.05, 0.1) is 12.9 Å². The molecule has 8 nitrogen and oxygen atoms in total. The Balaban J connectivity index is 1.33. The number of piperazine rings is 1. The number of benzene rings is 2. The summed E-state index contributed by atoms with van der Waals surface area (Å²) in [6, 6.07) is 17.5. The number of nitrogens with zero attached hydrogens (tertiary/aromatic N) is 2. The Kier molecular flexibility index (Phi) is 8.75. The number of hydrogen-bond acceptors (Lipinski definition) is 5. The van der Waals surface area contributed by atoms with Crippen LogP contribution in [0, 0.1) is 0 Å². The summed E-state index contributed by atoms with van der Waals surface area (Å²) in [6.45, 7) is 2.74. The number of carbonyl (C=O) groups is 1. The van der Waals surface area contributed by atoms with Crippen molar-refractivity contribution in [1.82, 2.24) is 14.9 Å². The number of hydrogen-bond donors (Lipinski definition) is 2. The molecular weight excluding hydrogens is 428 g/mol. The molecule has 2 aromatic rings. The zero-order valence-electron chi connectivity index (χ0n) is 18.5. The van der Waals surface area contributed by atoms with Crippen LogP contribution in [-0.4, -0.2) is 70.9 Å². The highest BCUT2D eigenvalue weighted by Crippen LogP contribution is 2.21. The van der Waals surface area contributed by atoms with E-state index >= 15 is 0 Å². The molecule has 1 heterocycles. The number of nitrogens with one attached hydrogen (secondary N) is 2. The van der Waals surface area contributed by atoms with E-state index in [1.807, 2.05) is 42.5 Å². The standard InChI is InChI=1S/C23H32N4O4S/c1-31-22-11-9-21(10-12-22)26-15-17-27(18-16-26)32(29,30)19-14-25-23(28)24-13-5-8-20-6-3-2-4-7-20/h2-4,6-7,9-12H,5,8,13-19H2,1H3,(H2,24,25,28). The molecule has 2 amide bonds. The van der Waals surface area contributed by atoms with Crippen molar-refractivity contribution >= 4 is 21.7 Å². The van der Waals surface area contributed by atoms with Crippen LogP contribution in [0.3, 0.4) is 0 Å². The monoisotopic (exact) mass is 460 g/mol. The normalized spacial score (nSPS) is 14.7. The van der Waals surface area contributed by atoms with Crippen LogP contribution in [0.1, 0.15) is 12.0 Å². The van der Waals surface area contributed by atoms with Gasteiger partial charge in [0.2, 0.25) is 10.0 Å². The Morgan fingerprint density at radius 2 is 1.59 bits per heavy atom. The van der Waals surface area contributed by atoms with Crippen molar-refractivity contribution in [3.63, 3.8) is 0 Å². The summed E-state index contributed by atoms with van der Waals surface area (Å²) in [5, 5.41) is 5.42. The van der Waals surface area contributed by atoms with E-state index in [0.717, 1.165) is 24.3 Å². The summed E-state index contributed by atoms with van der Waals surface area (Å²) in [4.78, 5) is 14.1. The second-order valence-electron chi connectivity index (χ2n) is 7.67. The zero-order valence-corrected chi connectivity index (χ0v) is 19.3. The Bertz CT molecular complexity index is 944. The number of aryl methyl sites for hydroxylation is 1. The highest BCUT2D eigenvalue weighted by Gasteiger charge is 2.26. The molecule has 2 N–H and O–H groups in total. The van der Waals surface area contributed by atoms with Gasteiger partial charge in [-0.3, -0.25) is 0 Å². The first kappa shape index (κ1) is 23.9. The van der Waals surface area contributed by atoms with E-state index in [9.17, 15) is 13.2 Å². The number of urea groups is 1. The maximum atomic E-state index is 12.6. The number of ether oxygens (including phenoxy) is 1. The molecular formula is C23H32N4O4S. The first-order valence-corrected chi connectivity index (χ1v) is 12.5. The average Bonchev–Trinajstić information content (AvgIpc) is 2.82. The van der Waals surface area contributed by atoms with E-state index in [2.05, 4.69) is 27.7 Å². The smallest absolute Gasteiger partial charge is 0.314 e. The minimum Gasteiger partial charge on any atom is -0.497 e. The first-order valence-electron chi connectivity index (χ1n) is 10.9. The van der Waals surface area contributed by atoms with Crippen molar-refractivity contribution in [2.24, 2.45) is 0 Å². The summed E-state index contributed by atoms with van der Waals surface area (Å²) in [5.41, 5.74) is 2.28. The summed E-state index contributed by atoms with van der Waals surface area (Å²) >= 11 is 0. The van der Waals surface area contributed by atoms with Crippen molar-refractivity contribution in [1.29, 1.82) is 0 Å². The molecule has 0 saturated carbocycles. The van der Waals surface area contributed by atoms with Crippen molar-refractivity contribution in [2.75, 3.05) is 57.0 Å². The second-order valence-corrected chi connectivity index (χ2v) is 9.76. The highest BCUT2D eigenvalue weighted by molar-refractivity contribution is 7.89. The molecule has 1 aliphatic heterocycles. The second kappa shape index (κ2) is 11.7. The minimum atomic E-state index is -3.41. The quantitative estimate of drug-likeness (QED) is 0.530. The van der Waals surface area contributed by atoms with Crippen LogP contribution >= 0.6 is 0 Å². The van der Waals surface area contributed by atoms with E-state index in [-0.39, 0.29) is 18.3 Å². The number of rotatable bonds is 10. The van der Waals surface area contributed by atoms with Crippen LogP contribution in [-0.2, 0) is 16.4 Å². The molecule has 32 heavy (non-hydrogen) atoms. The van der Waals surface area contributed by atoms with Crippen molar-refractivity contribution in [3.8, 4) is 5.75 Å². The molecule has 0 unspecified atom stereocenters. The van der Waals surface area contributed by atoms with Gasteiger partial charge < -0.3 is 20.3 Å². The molecule has 0 aliphatic carbocycles. The molecule has 2 aromatic carbocycles. The highest BCUT2D eigenvalue weighted by atomic mass is 32.2. The summed E-state index contributed by atoms with van der Waals surface area (Å²) < 4.78 is 31.9. The van der Waals surface area contributed by atoms with E-state index in [0.29, 0.717) is 32.7 Å². The molecule has 0 spiro atoms. The Morgan fingerprint density at radius 3 is 2.25 bits per heavy atom. The van der Waals surface area contributed by atoms with E-state index < -0.39 is 10.0 Å². The fraction of sp³-hybridized carbons (Fsp3) is 0.435. The summed E-state index contributed by atoms with van der Waals surface area (Å²) in [7, 11) is -1.78.